The Morgan fingerprint density at radius 1 is 1.47 bits per heavy atom. The van der Waals surface area contributed by atoms with Gasteiger partial charge in [-0.1, -0.05) is 6.07 Å². The minimum absolute atomic E-state index is 0.622. The highest BCUT2D eigenvalue weighted by Crippen LogP contribution is 2.34. The van der Waals surface area contributed by atoms with Crippen molar-refractivity contribution in [3.05, 3.63) is 44.3 Å². The summed E-state index contributed by atoms with van der Waals surface area (Å²) in [6, 6.07) is 5.84. The number of aliphatic hydroxyl groups is 1. The zero-order valence-electron chi connectivity index (χ0n) is 8.89. The summed E-state index contributed by atoms with van der Waals surface area (Å²) in [5.74, 6) is 0.935. The lowest BCUT2D eigenvalue weighted by atomic mass is 10.0. The highest BCUT2D eigenvalue weighted by molar-refractivity contribution is 9.10. The maximum Gasteiger partial charge on any atom is 0.123 e. The Hall–Kier alpha value is -0.910. The highest BCUT2D eigenvalue weighted by atomic mass is 79.9. The molecule has 1 aliphatic heterocycles. The molecule has 1 aromatic carbocycles. The number of aromatic nitrogens is 1. The fraction of sp³-hybridized carbons (Fsp3) is 0.250. The van der Waals surface area contributed by atoms with Gasteiger partial charge in [0.15, 0.2) is 0 Å². The summed E-state index contributed by atoms with van der Waals surface area (Å²) in [5.41, 5.74) is 3.78. The Kier molecular flexibility index (Phi) is 2.90. The predicted octanol–water partition coefficient (Wildman–Crippen LogP) is 2.92. The molecule has 1 unspecified atom stereocenters. The summed E-state index contributed by atoms with van der Waals surface area (Å²) in [7, 11) is 0. The van der Waals surface area contributed by atoms with Crippen LogP contribution in [0.5, 0.6) is 5.75 Å². The van der Waals surface area contributed by atoms with Crippen LogP contribution >= 0.6 is 27.3 Å². The zero-order chi connectivity index (χ0) is 11.8. The quantitative estimate of drug-likeness (QED) is 0.927. The smallest absolute Gasteiger partial charge is 0.123 e. The fourth-order valence-corrected chi connectivity index (χ4v) is 3.37. The number of thiazole rings is 1. The summed E-state index contributed by atoms with van der Waals surface area (Å²) in [6.07, 6.45) is 0.294. The standard InChI is InChI=1S/C12H10BrNO2S/c13-12-11(17-6-14-12)10(15)8-1-2-9-7(5-8)3-4-16-9/h1-2,5-6,10,15H,3-4H2. The Morgan fingerprint density at radius 2 is 2.35 bits per heavy atom. The lowest BCUT2D eigenvalue weighted by Crippen LogP contribution is -1.98. The maximum absolute atomic E-state index is 10.3. The highest BCUT2D eigenvalue weighted by Gasteiger charge is 2.19. The second-order valence-corrected chi connectivity index (χ2v) is 5.51. The fourth-order valence-electron chi connectivity index (χ4n) is 1.95. The molecule has 2 heterocycles. The molecule has 17 heavy (non-hydrogen) atoms. The van der Waals surface area contributed by atoms with Gasteiger partial charge in [-0.25, -0.2) is 4.98 Å². The van der Waals surface area contributed by atoms with E-state index in [1.54, 1.807) is 5.51 Å². The van der Waals surface area contributed by atoms with Crippen molar-refractivity contribution in [2.24, 2.45) is 0 Å². The molecule has 1 aliphatic rings. The molecule has 0 spiro atoms. The molecule has 5 heteroatoms. The number of hydrogen-bond acceptors (Lipinski definition) is 4. The van der Waals surface area contributed by atoms with Crippen LogP contribution in [0.3, 0.4) is 0 Å². The minimum atomic E-state index is -0.622. The summed E-state index contributed by atoms with van der Waals surface area (Å²) < 4.78 is 6.16. The van der Waals surface area contributed by atoms with Gasteiger partial charge in [-0.2, -0.15) is 0 Å². The number of rotatable bonds is 2. The summed E-state index contributed by atoms with van der Waals surface area (Å²) in [6.45, 7) is 0.735. The predicted molar refractivity (Wildman–Crippen MR) is 69.5 cm³/mol. The molecular weight excluding hydrogens is 302 g/mol. The largest absolute Gasteiger partial charge is 0.493 e. The molecule has 0 radical (unpaired) electrons. The Balaban J connectivity index is 1.97. The summed E-state index contributed by atoms with van der Waals surface area (Å²) >= 11 is 4.79. The van der Waals surface area contributed by atoms with E-state index in [4.69, 9.17) is 4.74 Å². The average molecular weight is 312 g/mol. The van der Waals surface area contributed by atoms with E-state index in [0.29, 0.717) is 4.60 Å². The monoisotopic (exact) mass is 311 g/mol. The number of aliphatic hydroxyl groups excluding tert-OH is 1. The van der Waals surface area contributed by atoms with Gasteiger partial charge >= 0.3 is 0 Å². The average Bonchev–Trinajstić information content (AvgIpc) is 2.95. The van der Waals surface area contributed by atoms with Crippen molar-refractivity contribution in [3.63, 3.8) is 0 Å². The van der Waals surface area contributed by atoms with Crippen molar-refractivity contribution in [2.75, 3.05) is 6.61 Å². The van der Waals surface area contributed by atoms with E-state index in [1.165, 1.54) is 16.9 Å². The van der Waals surface area contributed by atoms with E-state index in [-0.39, 0.29) is 0 Å². The molecule has 3 nitrogen and oxygen atoms in total. The molecule has 88 valence electrons. The molecule has 0 saturated heterocycles. The van der Waals surface area contributed by atoms with Crippen LogP contribution in [0.25, 0.3) is 0 Å². The molecule has 1 atom stereocenters. The van der Waals surface area contributed by atoms with Gasteiger partial charge < -0.3 is 9.84 Å². The van der Waals surface area contributed by atoms with Crippen LogP contribution in [-0.2, 0) is 6.42 Å². The van der Waals surface area contributed by atoms with Gasteiger partial charge in [0, 0.05) is 6.42 Å². The van der Waals surface area contributed by atoms with Crippen molar-refractivity contribution in [2.45, 2.75) is 12.5 Å². The molecule has 0 saturated carbocycles. The van der Waals surface area contributed by atoms with Crippen LogP contribution < -0.4 is 4.74 Å². The Morgan fingerprint density at radius 3 is 3.12 bits per heavy atom. The SMILES string of the molecule is OC(c1ccc2c(c1)CCO2)c1scnc1Br. The zero-order valence-corrected chi connectivity index (χ0v) is 11.3. The minimum Gasteiger partial charge on any atom is -0.493 e. The van der Waals surface area contributed by atoms with Crippen LogP contribution in [0.15, 0.2) is 28.3 Å². The molecular formula is C12H10BrNO2S. The van der Waals surface area contributed by atoms with E-state index < -0.39 is 6.10 Å². The van der Waals surface area contributed by atoms with E-state index in [1.807, 2.05) is 18.2 Å². The van der Waals surface area contributed by atoms with Gasteiger partial charge in [-0.3, -0.25) is 0 Å². The molecule has 0 fully saturated rings. The normalized spacial score (nSPS) is 15.4. The first-order valence-electron chi connectivity index (χ1n) is 5.28. The van der Waals surface area contributed by atoms with Gasteiger partial charge in [-0.05, 0) is 39.2 Å². The summed E-state index contributed by atoms with van der Waals surface area (Å²) in [5, 5.41) is 10.3. The molecule has 0 aliphatic carbocycles. The first-order chi connectivity index (χ1) is 8.25. The van der Waals surface area contributed by atoms with Gasteiger partial charge in [0.1, 0.15) is 16.5 Å². The van der Waals surface area contributed by atoms with Gasteiger partial charge in [0.25, 0.3) is 0 Å². The molecule has 3 rings (SSSR count). The van der Waals surface area contributed by atoms with Crippen LogP contribution in [0.4, 0.5) is 0 Å². The van der Waals surface area contributed by atoms with Crippen molar-refractivity contribution >= 4 is 27.3 Å². The molecule has 0 bridgehead atoms. The first-order valence-corrected chi connectivity index (χ1v) is 6.95. The summed E-state index contributed by atoms with van der Waals surface area (Å²) in [4.78, 5) is 4.92. The second-order valence-electron chi connectivity index (χ2n) is 3.88. The van der Waals surface area contributed by atoms with E-state index in [0.717, 1.165) is 29.2 Å². The number of fused-ring (bicyclic) bond motifs is 1. The number of benzene rings is 1. The lowest BCUT2D eigenvalue weighted by molar-refractivity contribution is 0.223. The second kappa shape index (κ2) is 4.40. The van der Waals surface area contributed by atoms with E-state index in [2.05, 4.69) is 20.9 Å². The maximum atomic E-state index is 10.3. The topological polar surface area (TPSA) is 42.4 Å². The van der Waals surface area contributed by atoms with Crippen LogP contribution in [-0.4, -0.2) is 16.7 Å². The van der Waals surface area contributed by atoms with Crippen molar-refractivity contribution in [1.82, 2.24) is 4.98 Å². The number of halogens is 1. The van der Waals surface area contributed by atoms with Gasteiger partial charge in [-0.15, -0.1) is 11.3 Å². The molecule has 2 aromatic rings. The van der Waals surface area contributed by atoms with Crippen molar-refractivity contribution < 1.29 is 9.84 Å². The van der Waals surface area contributed by atoms with Crippen molar-refractivity contribution in [1.29, 1.82) is 0 Å². The van der Waals surface area contributed by atoms with Crippen LogP contribution in [0.1, 0.15) is 22.1 Å². The van der Waals surface area contributed by atoms with Crippen LogP contribution in [0, 0.1) is 0 Å². The van der Waals surface area contributed by atoms with E-state index >= 15 is 0 Å². The number of ether oxygens (including phenoxy) is 1. The lowest BCUT2D eigenvalue weighted by Gasteiger charge is -2.10. The number of hydrogen-bond donors (Lipinski definition) is 1. The Bertz CT molecular complexity index is 555. The Labute approximate surface area is 111 Å². The first kappa shape index (κ1) is 11.2. The van der Waals surface area contributed by atoms with E-state index in [9.17, 15) is 5.11 Å². The number of nitrogens with zero attached hydrogens (tertiary/aromatic N) is 1. The third-order valence-corrected chi connectivity index (χ3v) is 4.60. The molecule has 1 N–H and O–H groups in total. The van der Waals surface area contributed by atoms with Crippen LogP contribution in [0.2, 0.25) is 0 Å². The van der Waals surface area contributed by atoms with Crippen molar-refractivity contribution in [3.8, 4) is 5.75 Å². The molecule has 0 amide bonds. The molecule has 1 aromatic heterocycles. The van der Waals surface area contributed by atoms with Gasteiger partial charge in [0.2, 0.25) is 0 Å². The van der Waals surface area contributed by atoms with Gasteiger partial charge in [0.05, 0.1) is 17.0 Å². The third kappa shape index (κ3) is 1.99. The third-order valence-electron chi connectivity index (χ3n) is 2.83.